The molecular formula is C22H36N4O4S. The average Bonchev–Trinajstić information content (AvgIpc) is 2.92. The Kier molecular flexibility index (Phi) is 7.75. The van der Waals surface area contributed by atoms with Gasteiger partial charge in [-0.1, -0.05) is 12.1 Å². The molecular weight excluding hydrogens is 416 g/mol. The smallest absolute Gasteiger partial charge is 0.410 e. The molecule has 3 N–H and O–H groups in total. The molecule has 0 aliphatic carbocycles. The summed E-state index contributed by atoms with van der Waals surface area (Å²) in [4.78, 5) is 18.6. The first-order chi connectivity index (χ1) is 14.2. The Morgan fingerprint density at radius 2 is 2.13 bits per heavy atom. The van der Waals surface area contributed by atoms with E-state index in [1.165, 1.54) is 6.07 Å². The van der Waals surface area contributed by atoms with Gasteiger partial charge in [0.2, 0.25) is 0 Å². The van der Waals surface area contributed by atoms with Crippen LogP contribution in [0.25, 0.3) is 0 Å². The average molecular weight is 453 g/mol. The molecule has 9 heteroatoms. The summed E-state index contributed by atoms with van der Waals surface area (Å²) in [7, 11) is -3.86. The number of anilines is 1. The Labute approximate surface area is 186 Å². The van der Waals surface area contributed by atoms with E-state index in [2.05, 4.69) is 30.7 Å². The standard InChI is InChI=1S/C22H36N4O4S/c1-7-9-17(24-18-10-8-11-19(25-18)31(23,28)29)13-12-16-14-22(5,6)26(15-16)20(27)30-21(2,3)4/h7-8,10-11,16-17H,1,9,12-15H2,2-6H3,(H,24,25)(H2,23,28,29)/t16-,17?/m0/s1. The number of carbonyl (C=O) groups excluding carboxylic acids is 1. The van der Waals surface area contributed by atoms with Crippen molar-refractivity contribution in [2.45, 2.75) is 82.5 Å². The fourth-order valence-corrected chi connectivity index (χ4v) is 4.46. The van der Waals surface area contributed by atoms with Gasteiger partial charge >= 0.3 is 6.09 Å². The number of rotatable bonds is 8. The van der Waals surface area contributed by atoms with Crippen LogP contribution in [0.5, 0.6) is 0 Å². The largest absolute Gasteiger partial charge is 0.444 e. The van der Waals surface area contributed by atoms with Crippen molar-refractivity contribution in [1.29, 1.82) is 0 Å². The summed E-state index contributed by atoms with van der Waals surface area (Å²) in [6, 6.07) is 4.74. The first-order valence-electron chi connectivity index (χ1n) is 10.6. The monoisotopic (exact) mass is 452 g/mol. The third-order valence-electron chi connectivity index (χ3n) is 5.32. The zero-order chi connectivity index (χ0) is 23.4. The number of ether oxygens (including phenoxy) is 1. The summed E-state index contributed by atoms with van der Waals surface area (Å²) in [5.74, 6) is 0.806. The number of carbonyl (C=O) groups is 1. The van der Waals surface area contributed by atoms with Crippen molar-refractivity contribution in [1.82, 2.24) is 9.88 Å². The van der Waals surface area contributed by atoms with Crippen molar-refractivity contribution < 1.29 is 17.9 Å². The van der Waals surface area contributed by atoms with Crippen molar-refractivity contribution >= 4 is 21.9 Å². The molecule has 0 saturated carbocycles. The molecule has 1 unspecified atom stereocenters. The van der Waals surface area contributed by atoms with E-state index in [0.29, 0.717) is 24.7 Å². The van der Waals surface area contributed by atoms with E-state index >= 15 is 0 Å². The maximum Gasteiger partial charge on any atom is 0.410 e. The lowest BCUT2D eigenvalue weighted by atomic mass is 9.91. The van der Waals surface area contributed by atoms with Gasteiger partial charge in [-0.2, -0.15) is 0 Å². The highest BCUT2D eigenvalue weighted by Crippen LogP contribution is 2.36. The number of nitrogens with one attached hydrogen (secondary N) is 1. The Morgan fingerprint density at radius 1 is 1.45 bits per heavy atom. The number of hydrogen-bond donors (Lipinski definition) is 2. The maximum absolute atomic E-state index is 12.6. The molecule has 8 nitrogen and oxygen atoms in total. The fraction of sp³-hybridized carbons (Fsp3) is 0.636. The Hall–Kier alpha value is -2.13. The van der Waals surface area contributed by atoms with Crippen molar-refractivity contribution in [2.75, 3.05) is 11.9 Å². The highest BCUT2D eigenvalue weighted by atomic mass is 32.2. The number of primary sulfonamides is 1. The molecule has 0 aromatic carbocycles. The minimum absolute atomic E-state index is 0.0411. The Balaban J connectivity index is 2.01. The molecule has 1 aliphatic rings. The van der Waals surface area contributed by atoms with E-state index in [1.54, 1.807) is 12.1 Å². The van der Waals surface area contributed by atoms with Gasteiger partial charge in [0.25, 0.3) is 10.0 Å². The first-order valence-corrected chi connectivity index (χ1v) is 12.1. The molecule has 1 amide bonds. The quantitative estimate of drug-likeness (QED) is 0.578. The predicted molar refractivity (Wildman–Crippen MR) is 122 cm³/mol. The molecule has 2 heterocycles. The molecule has 1 aromatic heterocycles. The van der Waals surface area contributed by atoms with Crippen molar-refractivity contribution in [2.24, 2.45) is 11.1 Å². The molecule has 1 aromatic rings. The maximum atomic E-state index is 12.6. The molecule has 0 spiro atoms. The van der Waals surface area contributed by atoms with Gasteiger partial charge < -0.3 is 15.0 Å². The lowest BCUT2D eigenvalue weighted by molar-refractivity contribution is 0.0131. The predicted octanol–water partition coefficient (Wildman–Crippen LogP) is 3.90. The zero-order valence-electron chi connectivity index (χ0n) is 19.2. The molecule has 0 radical (unpaired) electrons. The third-order valence-corrected chi connectivity index (χ3v) is 6.13. The van der Waals surface area contributed by atoms with E-state index in [4.69, 9.17) is 9.88 Å². The number of amides is 1. The molecule has 1 saturated heterocycles. The van der Waals surface area contributed by atoms with Crippen molar-refractivity contribution in [3.63, 3.8) is 0 Å². The second-order valence-corrected chi connectivity index (χ2v) is 11.3. The van der Waals surface area contributed by atoms with Crippen LogP contribution < -0.4 is 10.5 Å². The minimum atomic E-state index is -3.86. The zero-order valence-corrected chi connectivity index (χ0v) is 20.0. The summed E-state index contributed by atoms with van der Waals surface area (Å²) >= 11 is 0. The lowest BCUT2D eigenvalue weighted by Gasteiger charge is -2.33. The molecule has 0 bridgehead atoms. The summed E-state index contributed by atoms with van der Waals surface area (Å²) in [5, 5.41) is 8.31. The van der Waals surface area contributed by atoms with Gasteiger partial charge in [-0.15, -0.1) is 6.58 Å². The number of likely N-dealkylation sites (tertiary alicyclic amines) is 1. The van der Waals surface area contributed by atoms with Crippen LogP contribution in [0.3, 0.4) is 0 Å². The topological polar surface area (TPSA) is 115 Å². The number of hydrogen-bond acceptors (Lipinski definition) is 6. The van der Waals surface area contributed by atoms with E-state index in [-0.39, 0.29) is 22.7 Å². The van der Waals surface area contributed by atoms with Crippen LogP contribution in [0.1, 0.15) is 60.3 Å². The summed E-state index contributed by atoms with van der Waals surface area (Å²) in [5.41, 5.74) is -0.789. The van der Waals surface area contributed by atoms with E-state index in [0.717, 1.165) is 19.3 Å². The second-order valence-electron chi connectivity index (χ2n) is 9.82. The van der Waals surface area contributed by atoms with Crippen LogP contribution in [-0.2, 0) is 14.8 Å². The molecule has 1 fully saturated rings. The number of aromatic nitrogens is 1. The van der Waals surface area contributed by atoms with Crippen LogP contribution in [0.2, 0.25) is 0 Å². The molecule has 174 valence electrons. The number of nitrogens with zero attached hydrogens (tertiary/aromatic N) is 2. The fourth-order valence-electron chi connectivity index (χ4n) is 3.97. The SMILES string of the molecule is C=CCC(CC[C@@H]1CN(C(=O)OC(C)(C)C)C(C)(C)C1)Nc1cccc(S(N)(=O)=O)n1. The molecule has 31 heavy (non-hydrogen) atoms. The van der Waals surface area contributed by atoms with Gasteiger partial charge in [0.05, 0.1) is 0 Å². The lowest BCUT2D eigenvalue weighted by Crippen LogP contribution is -2.45. The molecule has 1 aliphatic heterocycles. The Bertz CT molecular complexity index is 893. The molecule has 2 atom stereocenters. The van der Waals surface area contributed by atoms with Gasteiger partial charge in [-0.3, -0.25) is 0 Å². The Morgan fingerprint density at radius 3 is 2.71 bits per heavy atom. The van der Waals surface area contributed by atoms with Crippen LogP contribution in [0.4, 0.5) is 10.6 Å². The second kappa shape index (κ2) is 9.56. The van der Waals surface area contributed by atoms with Gasteiger partial charge in [0, 0.05) is 18.1 Å². The highest BCUT2D eigenvalue weighted by Gasteiger charge is 2.42. The normalized spacial score (nSPS) is 19.7. The van der Waals surface area contributed by atoms with Crippen molar-refractivity contribution in [3.8, 4) is 0 Å². The highest BCUT2D eigenvalue weighted by molar-refractivity contribution is 7.89. The minimum Gasteiger partial charge on any atom is -0.444 e. The van der Waals surface area contributed by atoms with Crippen LogP contribution in [-0.4, -0.2) is 48.1 Å². The third kappa shape index (κ3) is 7.50. The van der Waals surface area contributed by atoms with Crippen LogP contribution in [0.15, 0.2) is 35.9 Å². The first kappa shape index (κ1) is 25.1. The summed E-state index contributed by atoms with van der Waals surface area (Å²) < 4.78 is 28.7. The van der Waals surface area contributed by atoms with Gasteiger partial charge in [-0.25, -0.2) is 23.3 Å². The van der Waals surface area contributed by atoms with Gasteiger partial charge in [-0.05, 0) is 78.4 Å². The van der Waals surface area contributed by atoms with E-state index in [9.17, 15) is 13.2 Å². The summed E-state index contributed by atoms with van der Waals surface area (Å²) in [6.07, 6.45) is 4.88. The number of pyridine rings is 1. The molecule has 2 rings (SSSR count). The summed E-state index contributed by atoms with van der Waals surface area (Å²) in [6.45, 7) is 14.2. The van der Waals surface area contributed by atoms with Crippen LogP contribution >= 0.6 is 0 Å². The number of nitrogens with two attached hydrogens (primary N) is 1. The van der Waals surface area contributed by atoms with Crippen LogP contribution in [0, 0.1) is 5.92 Å². The van der Waals surface area contributed by atoms with E-state index < -0.39 is 15.6 Å². The van der Waals surface area contributed by atoms with Gasteiger partial charge in [0.15, 0.2) is 5.03 Å². The van der Waals surface area contributed by atoms with Crippen molar-refractivity contribution in [3.05, 3.63) is 30.9 Å². The van der Waals surface area contributed by atoms with Gasteiger partial charge in [0.1, 0.15) is 11.4 Å². The number of sulfonamides is 1. The van der Waals surface area contributed by atoms with E-state index in [1.807, 2.05) is 31.7 Å².